The van der Waals surface area contributed by atoms with E-state index >= 15 is 0 Å². The van der Waals surface area contributed by atoms with Gasteiger partial charge in [-0.1, -0.05) is 5.92 Å². The SMILES string of the molecule is OCCCCC#COC1CCCCO1. The second kappa shape index (κ2) is 7.66. The summed E-state index contributed by atoms with van der Waals surface area (Å²) in [5.41, 5.74) is 0. The molecular weight excluding hydrogens is 180 g/mol. The van der Waals surface area contributed by atoms with Gasteiger partial charge in [-0.05, 0) is 25.7 Å². The Labute approximate surface area is 85.4 Å². The third-order valence-electron chi connectivity index (χ3n) is 2.11. The van der Waals surface area contributed by atoms with E-state index in [0.29, 0.717) is 0 Å². The number of hydrogen-bond donors (Lipinski definition) is 1. The lowest BCUT2D eigenvalue weighted by Gasteiger charge is -2.19. The zero-order valence-electron chi connectivity index (χ0n) is 8.50. The van der Waals surface area contributed by atoms with Crippen LogP contribution < -0.4 is 0 Å². The number of aliphatic hydroxyl groups is 1. The van der Waals surface area contributed by atoms with Crippen LogP contribution in [0.3, 0.4) is 0 Å². The molecule has 80 valence electrons. The second-order valence-electron chi connectivity index (χ2n) is 3.37. The fraction of sp³-hybridized carbons (Fsp3) is 0.818. The minimum Gasteiger partial charge on any atom is -0.414 e. The summed E-state index contributed by atoms with van der Waals surface area (Å²) in [5.74, 6) is 2.90. The summed E-state index contributed by atoms with van der Waals surface area (Å²) < 4.78 is 10.6. The van der Waals surface area contributed by atoms with E-state index in [2.05, 4.69) is 12.0 Å². The van der Waals surface area contributed by atoms with Gasteiger partial charge in [0, 0.05) is 19.4 Å². The fourth-order valence-corrected chi connectivity index (χ4v) is 1.29. The highest BCUT2D eigenvalue weighted by Crippen LogP contribution is 2.12. The molecule has 0 amide bonds. The van der Waals surface area contributed by atoms with E-state index in [-0.39, 0.29) is 12.9 Å². The molecule has 3 nitrogen and oxygen atoms in total. The lowest BCUT2D eigenvalue weighted by Crippen LogP contribution is -2.20. The highest BCUT2D eigenvalue weighted by atomic mass is 16.7. The average molecular weight is 198 g/mol. The van der Waals surface area contributed by atoms with E-state index in [1.54, 1.807) is 0 Å². The van der Waals surface area contributed by atoms with Crippen molar-refractivity contribution in [3.05, 3.63) is 0 Å². The Balaban J connectivity index is 2.00. The Hall–Kier alpha value is -0.720. The third-order valence-corrected chi connectivity index (χ3v) is 2.11. The van der Waals surface area contributed by atoms with Gasteiger partial charge in [-0.25, -0.2) is 0 Å². The van der Waals surface area contributed by atoms with Gasteiger partial charge in [0.05, 0.1) is 6.61 Å². The predicted octanol–water partition coefficient (Wildman–Crippen LogP) is 1.65. The number of unbranched alkanes of at least 4 members (excludes halogenated alkanes) is 2. The van der Waals surface area contributed by atoms with Crippen LogP contribution in [0.4, 0.5) is 0 Å². The summed E-state index contributed by atoms with van der Waals surface area (Å²) in [7, 11) is 0. The van der Waals surface area contributed by atoms with E-state index in [0.717, 1.165) is 45.1 Å². The van der Waals surface area contributed by atoms with Crippen molar-refractivity contribution in [1.82, 2.24) is 0 Å². The van der Waals surface area contributed by atoms with Crippen molar-refractivity contribution >= 4 is 0 Å². The Morgan fingerprint density at radius 2 is 2.29 bits per heavy atom. The highest BCUT2D eigenvalue weighted by molar-refractivity contribution is 4.91. The van der Waals surface area contributed by atoms with Crippen LogP contribution in [0.2, 0.25) is 0 Å². The van der Waals surface area contributed by atoms with Crippen molar-refractivity contribution in [2.24, 2.45) is 0 Å². The van der Waals surface area contributed by atoms with Crippen LogP contribution in [0.1, 0.15) is 38.5 Å². The highest BCUT2D eigenvalue weighted by Gasteiger charge is 2.12. The van der Waals surface area contributed by atoms with Crippen molar-refractivity contribution in [1.29, 1.82) is 0 Å². The third kappa shape index (κ3) is 5.11. The van der Waals surface area contributed by atoms with Crippen molar-refractivity contribution in [3.8, 4) is 12.0 Å². The molecule has 1 rings (SSSR count). The first-order chi connectivity index (χ1) is 6.93. The maximum Gasteiger partial charge on any atom is 0.210 e. The van der Waals surface area contributed by atoms with Gasteiger partial charge >= 0.3 is 0 Å². The molecule has 0 radical (unpaired) electrons. The molecule has 14 heavy (non-hydrogen) atoms. The Morgan fingerprint density at radius 3 is 3.00 bits per heavy atom. The molecule has 0 aromatic heterocycles. The maximum absolute atomic E-state index is 8.53. The van der Waals surface area contributed by atoms with E-state index in [1.807, 2.05) is 0 Å². The van der Waals surface area contributed by atoms with Crippen LogP contribution in [-0.2, 0) is 9.47 Å². The number of hydrogen-bond acceptors (Lipinski definition) is 3. The molecule has 0 aromatic carbocycles. The quantitative estimate of drug-likeness (QED) is 0.551. The summed E-state index contributed by atoms with van der Waals surface area (Å²) in [6.07, 6.45) is 8.31. The Kier molecular flexibility index (Phi) is 6.21. The van der Waals surface area contributed by atoms with Crippen molar-refractivity contribution in [3.63, 3.8) is 0 Å². The van der Waals surface area contributed by atoms with Crippen LogP contribution in [0.25, 0.3) is 0 Å². The average Bonchev–Trinajstić information content (AvgIpc) is 2.25. The topological polar surface area (TPSA) is 38.7 Å². The van der Waals surface area contributed by atoms with Gasteiger partial charge in [-0.2, -0.15) is 0 Å². The lowest BCUT2D eigenvalue weighted by molar-refractivity contribution is -0.121. The van der Waals surface area contributed by atoms with E-state index in [9.17, 15) is 0 Å². The number of aliphatic hydroxyl groups excluding tert-OH is 1. The largest absolute Gasteiger partial charge is 0.414 e. The first-order valence-electron chi connectivity index (χ1n) is 5.29. The van der Waals surface area contributed by atoms with Crippen molar-refractivity contribution in [2.45, 2.75) is 44.8 Å². The van der Waals surface area contributed by atoms with Gasteiger partial charge in [-0.3, -0.25) is 0 Å². The summed E-state index contributed by atoms with van der Waals surface area (Å²) in [5, 5.41) is 8.53. The zero-order chi connectivity index (χ0) is 10.1. The molecule has 1 unspecified atom stereocenters. The van der Waals surface area contributed by atoms with Crippen molar-refractivity contribution in [2.75, 3.05) is 13.2 Å². The monoisotopic (exact) mass is 198 g/mol. The Morgan fingerprint density at radius 1 is 1.36 bits per heavy atom. The van der Waals surface area contributed by atoms with Crippen LogP contribution in [-0.4, -0.2) is 24.6 Å². The lowest BCUT2D eigenvalue weighted by atomic mass is 10.2. The molecule has 0 spiro atoms. The molecule has 1 heterocycles. The molecular formula is C11H18O3. The summed E-state index contributed by atoms with van der Waals surface area (Å²) in [6, 6.07) is 0. The van der Waals surface area contributed by atoms with Gasteiger partial charge in [0.1, 0.15) is 6.11 Å². The minimum absolute atomic E-state index is 0.117. The summed E-state index contributed by atoms with van der Waals surface area (Å²) in [6.45, 7) is 1.03. The molecule has 0 bridgehead atoms. The minimum atomic E-state index is -0.117. The molecule has 1 atom stereocenters. The van der Waals surface area contributed by atoms with Crippen LogP contribution in [0.15, 0.2) is 0 Å². The maximum atomic E-state index is 8.53. The van der Waals surface area contributed by atoms with Gasteiger partial charge in [0.15, 0.2) is 0 Å². The first-order valence-corrected chi connectivity index (χ1v) is 5.29. The van der Waals surface area contributed by atoms with Gasteiger partial charge in [0.2, 0.25) is 6.29 Å². The summed E-state index contributed by atoms with van der Waals surface area (Å²) >= 11 is 0. The molecule has 0 aliphatic carbocycles. The predicted molar refractivity (Wildman–Crippen MR) is 53.4 cm³/mol. The zero-order valence-corrected chi connectivity index (χ0v) is 8.50. The van der Waals surface area contributed by atoms with E-state index in [4.69, 9.17) is 14.6 Å². The number of ether oxygens (including phenoxy) is 2. The molecule has 3 heteroatoms. The first kappa shape index (κ1) is 11.4. The fourth-order valence-electron chi connectivity index (χ4n) is 1.29. The molecule has 1 aliphatic heterocycles. The van der Waals surface area contributed by atoms with Crippen LogP contribution in [0.5, 0.6) is 0 Å². The van der Waals surface area contributed by atoms with Gasteiger partial charge in [0.25, 0.3) is 0 Å². The normalized spacial score (nSPS) is 21.1. The summed E-state index contributed by atoms with van der Waals surface area (Å²) in [4.78, 5) is 0. The molecule has 1 fully saturated rings. The van der Waals surface area contributed by atoms with E-state index < -0.39 is 0 Å². The van der Waals surface area contributed by atoms with Crippen LogP contribution in [0, 0.1) is 12.0 Å². The van der Waals surface area contributed by atoms with E-state index in [1.165, 1.54) is 0 Å². The molecule has 0 aromatic rings. The molecule has 1 aliphatic rings. The molecule has 1 saturated heterocycles. The van der Waals surface area contributed by atoms with Crippen LogP contribution >= 0.6 is 0 Å². The standard InChI is InChI=1S/C11H18O3/c12-8-4-1-2-5-9-13-11-7-3-6-10-14-11/h11-12H,1-4,6-8,10H2. The number of rotatable bonds is 4. The molecule has 1 N–H and O–H groups in total. The Bertz CT molecular complexity index is 186. The molecule has 0 saturated carbocycles. The van der Waals surface area contributed by atoms with Crippen molar-refractivity contribution < 1.29 is 14.6 Å². The smallest absolute Gasteiger partial charge is 0.210 e. The second-order valence-corrected chi connectivity index (χ2v) is 3.37. The van der Waals surface area contributed by atoms with Gasteiger partial charge in [-0.15, -0.1) is 0 Å². The van der Waals surface area contributed by atoms with Gasteiger partial charge < -0.3 is 14.6 Å².